The van der Waals surface area contributed by atoms with Crippen LogP contribution in [-0.4, -0.2) is 6.61 Å². The topological polar surface area (TPSA) is 21.3 Å². The third-order valence-corrected chi connectivity index (χ3v) is 3.76. The van der Waals surface area contributed by atoms with Gasteiger partial charge in [-0.25, -0.2) is 0 Å². The van der Waals surface area contributed by atoms with Gasteiger partial charge in [0.05, 0.1) is 21.8 Å². The first kappa shape index (κ1) is 15.9. The molecule has 0 amide bonds. The van der Waals surface area contributed by atoms with Gasteiger partial charge in [0.2, 0.25) is 0 Å². The highest BCUT2D eigenvalue weighted by molar-refractivity contribution is 6.42. The van der Waals surface area contributed by atoms with Crippen molar-refractivity contribution < 1.29 is 13.5 Å². The lowest BCUT2D eigenvalue weighted by atomic mass is 10.1. The van der Waals surface area contributed by atoms with E-state index in [-0.39, 0.29) is 11.8 Å². The van der Waals surface area contributed by atoms with Gasteiger partial charge >= 0.3 is 6.61 Å². The van der Waals surface area contributed by atoms with Gasteiger partial charge in [0, 0.05) is 0 Å². The Morgan fingerprint density at radius 1 is 1.05 bits per heavy atom. The second-order valence-corrected chi connectivity index (χ2v) is 5.17. The van der Waals surface area contributed by atoms with Gasteiger partial charge in [-0.1, -0.05) is 47.5 Å². The summed E-state index contributed by atoms with van der Waals surface area (Å²) in [6.07, 6.45) is 0. The second-order valence-electron chi connectivity index (χ2n) is 4.38. The minimum absolute atomic E-state index is 0.0810. The molecule has 1 unspecified atom stereocenters. The van der Waals surface area contributed by atoms with E-state index < -0.39 is 6.61 Å². The van der Waals surface area contributed by atoms with Crippen LogP contribution in [0, 0.1) is 0 Å². The summed E-state index contributed by atoms with van der Waals surface area (Å²) < 4.78 is 29.3. The van der Waals surface area contributed by atoms with E-state index in [9.17, 15) is 8.78 Å². The highest BCUT2D eigenvalue weighted by Crippen LogP contribution is 2.34. The number of benzene rings is 2. The fourth-order valence-electron chi connectivity index (χ4n) is 1.95. The summed E-state index contributed by atoms with van der Waals surface area (Å²) in [4.78, 5) is 0. The number of hydrogen-bond donors (Lipinski definition) is 1. The largest absolute Gasteiger partial charge is 0.433 e. The molecule has 0 saturated carbocycles. The minimum Gasteiger partial charge on any atom is -0.433 e. The predicted octanol–water partition coefficient (Wildman–Crippen LogP) is 5.77. The van der Waals surface area contributed by atoms with Gasteiger partial charge in [-0.15, -0.1) is 0 Å². The average molecular weight is 332 g/mol. The normalized spacial score (nSPS) is 12.3. The molecule has 0 fully saturated rings. The molecule has 2 rings (SSSR count). The Labute approximate surface area is 131 Å². The maximum absolute atomic E-state index is 12.4. The molecule has 0 radical (unpaired) electrons. The van der Waals surface area contributed by atoms with Crippen molar-refractivity contribution >= 4 is 28.9 Å². The molecule has 0 aromatic heterocycles. The van der Waals surface area contributed by atoms with E-state index in [2.05, 4.69) is 10.1 Å². The summed E-state index contributed by atoms with van der Waals surface area (Å²) in [5.41, 5.74) is 1.23. The quantitative estimate of drug-likeness (QED) is 0.751. The zero-order valence-electron chi connectivity index (χ0n) is 11.1. The molecule has 0 bridgehead atoms. The third-order valence-electron chi connectivity index (χ3n) is 2.92. The first-order valence-corrected chi connectivity index (χ1v) is 6.99. The number of rotatable bonds is 5. The van der Waals surface area contributed by atoms with Gasteiger partial charge in [-0.05, 0) is 30.7 Å². The average Bonchev–Trinajstić information content (AvgIpc) is 2.43. The summed E-state index contributed by atoms with van der Waals surface area (Å²) >= 11 is 12.1. The van der Waals surface area contributed by atoms with Crippen molar-refractivity contribution in [2.24, 2.45) is 0 Å². The zero-order valence-corrected chi connectivity index (χ0v) is 12.6. The molecule has 0 heterocycles. The summed E-state index contributed by atoms with van der Waals surface area (Å²) in [6, 6.07) is 11.6. The highest BCUT2D eigenvalue weighted by Gasteiger charge is 2.15. The van der Waals surface area contributed by atoms with Gasteiger partial charge in [-0.3, -0.25) is 0 Å². The molecule has 2 aromatic rings. The fourth-order valence-corrected chi connectivity index (χ4v) is 2.42. The van der Waals surface area contributed by atoms with Gasteiger partial charge in [0.25, 0.3) is 0 Å². The van der Waals surface area contributed by atoms with E-state index in [1.807, 2.05) is 13.0 Å². The van der Waals surface area contributed by atoms with Crippen LogP contribution in [0.4, 0.5) is 14.5 Å². The standard InChI is InChI=1S/C15H13Cl2F2NO/c1-9(10-5-4-6-11(16)14(10)17)20-12-7-2-3-8-13(12)21-15(18)19/h2-9,15,20H,1H3. The Hall–Kier alpha value is -1.52. The number of halogens is 4. The zero-order chi connectivity index (χ0) is 15.4. The Bertz CT molecular complexity index is 622. The second kappa shape index (κ2) is 6.96. The monoisotopic (exact) mass is 331 g/mol. The molecular weight excluding hydrogens is 319 g/mol. The Kier molecular flexibility index (Phi) is 5.26. The van der Waals surface area contributed by atoms with Crippen LogP contribution in [0.1, 0.15) is 18.5 Å². The molecule has 6 heteroatoms. The van der Waals surface area contributed by atoms with Gasteiger partial charge in [-0.2, -0.15) is 8.78 Å². The minimum atomic E-state index is -2.88. The molecule has 2 nitrogen and oxygen atoms in total. The van der Waals surface area contributed by atoms with Gasteiger partial charge < -0.3 is 10.1 Å². The Balaban J connectivity index is 2.23. The molecule has 0 saturated heterocycles. The van der Waals surface area contributed by atoms with Crippen molar-refractivity contribution in [3.8, 4) is 5.75 Å². The summed E-state index contributed by atoms with van der Waals surface area (Å²) in [5, 5.41) is 3.98. The maximum Gasteiger partial charge on any atom is 0.387 e. The van der Waals surface area contributed by atoms with Crippen LogP contribution in [-0.2, 0) is 0 Å². The number of ether oxygens (including phenoxy) is 1. The van der Waals surface area contributed by atoms with Crippen molar-refractivity contribution in [3.05, 3.63) is 58.1 Å². The maximum atomic E-state index is 12.4. The molecule has 0 spiro atoms. The first-order chi connectivity index (χ1) is 9.99. The van der Waals surface area contributed by atoms with Crippen LogP contribution >= 0.6 is 23.2 Å². The van der Waals surface area contributed by atoms with Crippen molar-refractivity contribution in [2.75, 3.05) is 5.32 Å². The lowest BCUT2D eigenvalue weighted by Crippen LogP contribution is -2.10. The van der Waals surface area contributed by atoms with Crippen LogP contribution in [0.3, 0.4) is 0 Å². The molecule has 112 valence electrons. The smallest absolute Gasteiger partial charge is 0.387 e. The highest BCUT2D eigenvalue weighted by atomic mass is 35.5. The number of hydrogen-bond acceptors (Lipinski definition) is 2. The van der Waals surface area contributed by atoms with Crippen molar-refractivity contribution in [2.45, 2.75) is 19.6 Å². The molecule has 21 heavy (non-hydrogen) atoms. The molecular formula is C15H13Cl2F2NO. The van der Waals surface area contributed by atoms with Crippen molar-refractivity contribution in [3.63, 3.8) is 0 Å². The van der Waals surface area contributed by atoms with Crippen LogP contribution in [0.15, 0.2) is 42.5 Å². The molecule has 0 aliphatic carbocycles. The summed E-state index contributed by atoms with van der Waals surface area (Å²) in [5.74, 6) is 0.0810. The lowest BCUT2D eigenvalue weighted by molar-refractivity contribution is -0.0493. The molecule has 0 aliphatic rings. The Morgan fingerprint density at radius 2 is 1.76 bits per heavy atom. The first-order valence-electron chi connectivity index (χ1n) is 6.23. The third kappa shape index (κ3) is 3.99. The molecule has 2 aromatic carbocycles. The number of alkyl halides is 2. The summed E-state index contributed by atoms with van der Waals surface area (Å²) in [7, 11) is 0. The van der Waals surface area contributed by atoms with Gasteiger partial charge in [0.1, 0.15) is 5.75 Å². The van der Waals surface area contributed by atoms with E-state index in [1.54, 1.807) is 30.3 Å². The number of anilines is 1. The van der Waals surface area contributed by atoms with E-state index in [0.717, 1.165) is 5.56 Å². The van der Waals surface area contributed by atoms with Crippen LogP contribution in [0.25, 0.3) is 0 Å². The van der Waals surface area contributed by atoms with Crippen LogP contribution in [0.5, 0.6) is 5.75 Å². The fraction of sp³-hybridized carbons (Fsp3) is 0.200. The van der Waals surface area contributed by atoms with E-state index in [0.29, 0.717) is 15.7 Å². The lowest BCUT2D eigenvalue weighted by Gasteiger charge is -2.19. The predicted molar refractivity (Wildman–Crippen MR) is 81.6 cm³/mol. The van der Waals surface area contributed by atoms with Crippen molar-refractivity contribution in [1.29, 1.82) is 0 Å². The van der Waals surface area contributed by atoms with Gasteiger partial charge in [0.15, 0.2) is 0 Å². The molecule has 1 N–H and O–H groups in total. The Morgan fingerprint density at radius 3 is 2.48 bits per heavy atom. The SMILES string of the molecule is CC(Nc1ccccc1OC(F)F)c1cccc(Cl)c1Cl. The molecule has 1 atom stereocenters. The van der Waals surface area contributed by atoms with E-state index in [4.69, 9.17) is 23.2 Å². The molecule has 0 aliphatic heterocycles. The number of para-hydroxylation sites is 2. The van der Waals surface area contributed by atoms with E-state index in [1.165, 1.54) is 6.07 Å². The van der Waals surface area contributed by atoms with Crippen LogP contribution < -0.4 is 10.1 Å². The van der Waals surface area contributed by atoms with Crippen LogP contribution in [0.2, 0.25) is 10.0 Å². The van der Waals surface area contributed by atoms with E-state index >= 15 is 0 Å². The van der Waals surface area contributed by atoms with Crippen molar-refractivity contribution in [1.82, 2.24) is 0 Å². The number of nitrogens with one attached hydrogen (secondary N) is 1. The summed E-state index contributed by atoms with van der Waals surface area (Å²) in [6.45, 7) is -1.02.